The van der Waals surface area contributed by atoms with Crippen LogP contribution in [-0.2, 0) is 6.54 Å². The minimum Gasteiger partial charge on any atom is -0.373 e. The van der Waals surface area contributed by atoms with Gasteiger partial charge in [0.15, 0.2) is 0 Å². The van der Waals surface area contributed by atoms with Gasteiger partial charge in [-0.05, 0) is 51.7 Å². The summed E-state index contributed by atoms with van der Waals surface area (Å²) < 4.78 is 0. The molecule has 0 aliphatic heterocycles. The second-order valence-corrected chi connectivity index (χ2v) is 5.91. The molecule has 0 bridgehead atoms. The SMILES string of the molecule is CCCNCc1cccc(Cl)c1N(C)CCCN(C)C. The molecule has 0 spiro atoms. The summed E-state index contributed by atoms with van der Waals surface area (Å²) in [5, 5.41) is 4.30. The molecule has 1 rings (SSSR count). The number of benzene rings is 1. The van der Waals surface area contributed by atoms with Crippen molar-refractivity contribution in [2.75, 3.05) is 45.7 Å². The zero-order valence-corrected chi connectivity index (χ0v) is 14.0. The molecule has 4 heteroatoms. The van der Waals surface area contributed by atoms with Crippen molar-refractivity contribution < 1.29 is 0 Å². The highest BCUT2D eigenvalue weighted by Crippen LogP contribution is 2.29. The molecule has 3 nitrogen and oxygen atoms in total. The Balaban J connectivity index is 2.70. The average Bonchev–Trinajstić information content (AvgIpc) is 2.38. The van der Waals surface area contributed by atoms with Crippen LogP contribution in [0.5, 0.6) is 0 Å². The van der Waals surface area contributed by atoms with Crippen LogP contribution in [0.3, 0.4) is 0 Å². The Labute approximate surface area is 128 Å². The van der Waals surface area contributed by atoms with Crippen LogP contribution >= 0.6 is 11.6 Å². The molecule has 0 aliphatic rings. The second-order valence-electron chi connectivity index (χ2n) is 5.50. The summed E-state index contributed by atoms with van der Waals surface area (Å²) in [5.74, 6) is 0. The van der Waals surface area contributed by atoms with Crippen LogP contribution in [0.15, 0.2) is 18.2 Å². The molecule has 0 aliphatic carbocycles. The molecule has 0 fully saturated rings. The highest BCUT2D eigenvalue weighted by Gasteiger charge is 2.11. The number of nitrogens with zero attached hydrogens (tertiary/aromatic N) is 2. The van der Waals surface area contributed by atoms with E-state index >= 15 is 0 Å². The first-order valence-corrected chi connectivity index (χ1v) is 7.78. The first-order chi connectivity index (χ1) is 9.56. The van der Waals surface area contributed by atoms with Gasteiger partial charge in [-0.3, -0.25) is 0 Å². The van der Waals surface area contributed by atoms with Crippen molar-refractivity contribution in [3.63, 3.8) is 0 Å². The lowest BCUT2D eigenvalue weighted by molar-refractivity contribution is 0.401. The maximum atomic E-state index is 6.40. The van der Waals surface area contributed by atoms with E-state index in [4.69, 9.17) is 11.6 Å². The number of rotatable bonds is 9. The van der Waals surface area contributed by atoms with Gasteiger partial charge in [-0.25, -0.2) is 0 Å². The molecule has 20 heavy (non-hydrogen) atoms. The van der Waals surface area contributed by atoms with Gasteiger partial charge >= 0.3 is 0 Å². The first kappa shape index (κ1) is 17.3. The lowest BCUT2D eigenvalue weighted by Crippen LogP contribution is -2.25. The van der Waals surface area contributed by atoms with Gasteiger partial charge < -0.3 is 15.1 Å². The summed E-state index contributed by atoms with van der Waals surface area (Å²) in [6.07, 6.45) is 2.28. The number of hydrogen-bond donors (Lipinski definition) is 1. The zero-order chi connectivity index (χ0) is 15.0. The van der Waals surface area contributed by atoms with Crippen molar-refractivity contribution in [3.8, 4) is 0 Å². The normalized spacial score (nSPS) is 11.1. The van der Waals surface area contributed by atoms with Crippen LogP contribution < -0.4 is 10.2 Å². The van der Waals surface area contributed by atoms with Crippen LogP contribution in [0.25, 0.3) is 0 Å². The smallest absolute Gasteiger partial charge is 0.0642 e. The highest BCUT2D eigenvalue weighted by atomic mass is 35.5. The zero-order valence-electron chi connectivity index (χ0n) is 13.2. The third-order valence-corrected chi connectivity index (χ3v) is 3.60. The van der Waals surface area contributed by atoms with Crippen molar-refractivity contribution in [2.24, 2.45) is 0 Å². The molecule has 1 N–H and O–H groups in total. The monoisotopic (exact) mass is 297 g/mol. The Morgan fingerprint density at radius 3 is 2.55 bits per heavy atom. The van der Waals surface area contributed by atoms with E-state index in [1.54, 1.807) is 0 Å². The van der Waals surface area contributed by atoms with Crippen molar-refractivity contribution >= 4 is 17.3 Å². The van der Waals surface area contributed by atoms with Gasteiger partial charge in [0.25, 0.3) is 0 Å². The number of nitrogens with one attached hydrogen (secondary N) is 1. The molecule has 0 amide bonds. The topological polar surface area (TPSA) is 18.5 Å². The van der Waals surface area contributed by atoms with Gasteiger partial charge in [0, 0.05) is 20.1 Å². The molecule has 1 aromatic carbocycles. The third kappa shape index (κ3) is 5.70. The number of para-hydroxylation sites is 1. The molecule has 0 aromatic heterocycles. The first-order valence-electron chi connectivity index (χ1n) is 7.40. The lowest BCUT2D eigenvalue weighted by Gasteiger charge is -2.24. The molecule has 1 aromatic rings. The average molecular weight is 298 g/mol. The minimum atomic E-state index is 0.841. The molecule has 114 valence electrons. The van der Waals surface area contributed by atoms with Crippen molar-refractivity contribution in [1.29, 1.82) is 0 Å². The summed E-state index contributed by atoms with van der Waals surface area (Å²) in [5.41, 5.74) is 2.44. The van der Waals surface area contributed by atoms with Crippen LogP contribution in [0.1, 0.15) is 25.3 Å². The summed E-state index contributed by atoms with van der Waals surface area (Å²) in [4.78, 5) is 4.49. The van der Waals surface area contributed by atoms with Crippen LogP contribution in [0.4, 0.5) is 5.69 Å². The fourth-order valence-corrected chi connectivity index (χ4v) is 2.60. The molecular weight excluding hydrogens is 270 g/mol. The lowest BCUT2D eigenvalue weighted by atomic mass is 10.1. The molecule has 0 atom stereocenters. The maximum absolute atomic E-state index is 6.40. The van der Waals surface area contributed by atoms with E-state index in [0.29, 0.717) is 0 Å². The Morgan fingerprint density at radius 2 is 1.90 bits per heavy atom. The fraction of sp³-hybridized carbons (Fsp3) is 0.625. The summed E-state index contributed by atoms with van der Waals surface area (Å²) in [7, 11) is 6.34. The minimum absolute atomic E-state index is 0.841. The van der Waals surface area contributed by atoms with Crippen LogP contribution in [0, 0.1) is 0 Å². The van der Waals surface area contributed by atoms with E-state index < -0.39 is 0 Å². The maximum Gasteiger partial charge on any atom is 0.0642 e. The molecule has 0 saturated heterocycles. The van der Waals surface area contributed by atoms with E-state index in [2.05, 4.69) is 49.2 Å². The number of halogens is 1. The van der Waals surface area contributed by atoms with E-state index in [1.807, 2.05) is 12.1 Å². The van der Waals surface area contributed by atoms with Crippen LogP contribution in [-0.4, -0.2) is 45.7 Å². The second kappa shape index (κ2) is 9.22. The van der Waals surface area contributed by atoms with E-state index in [9.17, 15) is 0 Å². The predicted molar refractivity (Wildman–Crippen MR) is 89.9 cm³/mol. The van der Waals surface area contributed by atoms with Gasteiger partial charge in [-0.1, -0.05) is 30.7 Å². The van der Waals surface area contributed by atoms with Gasteiger partial charge in [-0.15, -0.1) is 0 Å². The van der Waals surface area contributed by atoms with Gasteiger partial charge in [0.05, 0.1) is 10.7 Å². The van der Waals surface area contributed by atoms with Crippen molar-refractivity contribution in [2.45, 2.75) is 26.3 Å². The molecule has 0 heterocycles. The van der Waals surface area contributed by atoms with E-state index in [-0.39, 0.29) is 0 Å². The Kier molecular flexibility index (Phi) is 7.97. The van der Waals surface area contributed by atoms with E-state index in [0.717, 1.165) is 49.7 Å². The summed E-state index contributed by atoms with van der Waals surface area (Å²) in [6, 6.07) is 6.16. The van der Waals surface area contributed by atoms with Crippen molar-refractivity contribution in [3.05, 3.63) is 28.8 Å². The Hall–Kier alpha value is -0.770. The van der Waals surface area contributed by atoms with Gasteiger partial charge in [0.1, 0.15) is 0 Å². The largest absolute Gasteiger partial charge is 0.373 e. The van der Waals surface area contributed by atoms with Crippen molar-refractivity contribution in [1.82, 2.24) is 10.2 Å². The number of anilines is 1. The standard InChI is InChI=1S/C16H28ClN3/c1-5-10-18-13-14-8-6-9-15(17)16(14)20(4)12-7-11-19(2)3/h6,8-9,18H,5,7,10-13H2,1-4H3. The Morgan fingerprint density at radius 1 is 1.15 bits per heavy atom. The predicted octanol–water partition coefficient (Wildman–Crippen LogP) is 3.23. The molecule has 0 unspecified atom stereocenters. The molecule has 0 radical (unpaired) electrons. The quantitative estimate of drug-likeness (QED) is 0.706. The number of hydrogen-bond acceptors (Lipinski definition) is 3. The molecule has 0 saturated carbocycles. The summed E-state index contributed by atoms with van der Waals surface area (Å²) in [6.45, 7) is 6.21. The van der Waals surface area contributed by atoms with Gasteiger partial charge in [0.2, 0.25) is 0 Å². The third-order valence-electron chi connectivity index (χ3n) is 3.29. The van der Waals surface area contributed by atoms with Gasteiger partial charge in [-0.2, -0.15) is 0 Å². The molecular formula is C16H28ClN3. The Bertz CT molecular complexity index is 393. The fourth-order valence-electron chi connectivity index (χ4n) is 2.27. The summed E-state index contributed by atoms with van der Waals surface area (Å²) >= 11 is 6.40. The van der Waals surface area contributed by atoms with Crippen LogP contribution in [0.2, 0.25) is 5.02 Å². The highest BCUT2D eigenvalue weighted by molar-refractivity contribution is 6.33. The van der Waals surface area contributed by atoms with E-state index in [1.165, 1.54) is 5.56 Å².